The van der Waals surface area contributed by atoms with E-state index in [1.165, 1.54) is 0 Å². The maximum absolute atomic E-state index is 11.9. The van der Waals surface area contributed by atoms with Crippen LogP contribution in [0, 0.1) is 0 Å². The zero-order chi connectivity index (χ0) is 38.6. The predicted octanol–water partition coefficient (Wildman–Crippen LogP) is 11.2. The van der Waals surface area contributed by atoms with Crippen LogP contribution < -0.4 is 0 Å². The van der Waals surface area contributed by atoms with Crippen molar-refractivity contribution < 1.29 is 39.6 Å². The molecule has 266 valence electrons. The van der Waals surface area contributed by atoms with Gasteiger partial charge in [0, 0.05) is 0 Å². The average Bonchev–Trinajstić information content (AvgIpc) is 3.58. The SMILES string of the molecule is O=C(O)c1ccc(-c2c(-c3ccc(C(=O)O)cc3)c3ccc4c(-c5ccc(C(=O)O)cc5)c(-c5ccc(C(=O)O)cc5)c5ccc6ccc2c2c6c5c4c32)cc1. The number of benzene rings is 9. The maximum Gasteiger partial charge on any atom is 0.335 e. The summed E-state index contributed by atoms with van der Waals surface area (Å²) in [5.74, 6) is -4.14. The molecule has 0 aliphatic carbocycles. The second kappa shape index (κ2) is 11.8. The topological polar surface area (TPSA) is 149 Å². The zero-order valence-electron chi connectivity index (χ0n) is 29.1. The van der Waals surface area contributed by atoms with Gasteiger partial charge in [-0.05, 0) is 147 Å². The number of carbonyl (C=O) groups is 4. The molecule has 56 heavy (non-hydrogen) atoms. The van der Waals surface area contributed by atoms with Crippen molar-refractivity contribution in [3.63, 3.8) is 0 Å². The maximum atomic E-state index is 11.9. The van der Waals surface area contributed by atoms with Crippen molar-refractivity contribution in [3.05, 3.63) is 156 Å². The number of rotatable bonds is 8. The van der Waals surface area contributed by atoms with Crippen LogP contribution in [-0.2, 0) is 0 Å². The van der Waals surface area contributed by atoms with Crippen molar-refractivity contribution in [1.29, 1.82) is 0 Å². The fraction of sp³-hybridized carbons (Fsp3) is 0. The lowest BCUT2D eigenvalue weighted by molar-refractivity contribution is 0.0686. The predicted molar refractivity (Wildman–Crippen MR) is 217 cm³/mol. The summed E-state index contributed by atoms with van der Waals surface area (Å²) < 4.78 is 0. The van der Waals surface area contributed by atoms with Gasteiger partial charge in [-0.25, -0.2) is 19.2 Å². The molecule has 0 saturated heterocycles. The van der Waals surface area contributed by atoms with Crippen molar-refractivity contribution in [2.75, 3.05) is 0 Å². The first-order chi connectivity index (χ1) is 27.1. The van der Waals surface area contributed by atoms with Gasteiger partial charge < -0.3 is 20.4 Å². The van der Waals surface area contributed by atoms with E-state index in [1.54, 1.807) is 48.5 Å². The van der Waals surface area contributed by atoms with E-state index in [2.05, 4.69) is 36.4 Å². The van der Waals surface area contributed by atoms with Crippen molar-refractivity contribution in [1.82, 2.24) is 0 Å². The molecule has 0 aromatic heterocycles. The van der Waals surface area contributed by atoms with Crippen LogP contribution in [-0.4, -0.2) is 44.3 Å². The van der Waals surface area contributed by atoms with Crippen LogP contribution >= 0.6 is 0 Å². The summed E-state index contributed by atoms with van der Waals surface area (Å²) in [7, 11) is 0. The summed E-state index contributed by atoms with van der Waals surface area (Å²) in [6.45, 7) is 0. The molecule has 8 heteroatoms. The van der Waals surface area contributed by atoms with Crippen LogP contribution in [0.15, 0.2) is 133 Å². The van der Waals surface area contributed by atoms with Gasteiger partial charge in [-0.15, -0.1) is 0 Å². The molecule has 0 amide bonds. The molecule has 0 heterocycles. The third kappa shape index (κ3) is 4.59. The normalized spacial score (nSPS) is 11.8. The van der Waals surface area contributed by atoms with Gasteiger partial charge in [-0.1, -0.05) is 84.9 Å². The van der Waals surface area contributed by atoms with Crippen molar-refractivity contribution in [2.45, 2.75) is 0 Å². The molecule has 0 saturated carbocycles. The van der Waals surface area contributed by atoms with Crippen LogP contribution in [0.1, 0.15) is 41.4 Å². The van der Waals surface area contributed by atoms with Gasteiger partial charge in [0.2, 0.25) is 0 Å². The average molecular weight is 731 g/mol. The van der Waals surface area contributed by atoms with Crippen LogP contribution in [0.2, 0.25) is 0 Å². The van der Waals surface area contributed by atoms with E-state index in [1.807, 2.05) is 48.5 Å². The molecular weight excluding hydrogens is 705 g/mol. The Labute approximate surface area is 316 Å². The number of aromatic carboxylic acids is 4. The summed E-state index contributed by atoms with van der Waals surface area (Å²) in [5.41, 5.74) is 7.31. The summed E-state index contributed by atoms with van der Waals surface area (Å²) in [6.07, 6.45) is 0. The number of hydrogen-bond donors (Lipinski definition) is 4. The van der Waals surface area contributed by atoms with E-state index in [-0.39, 0.29) is 22.3 Å². The molecule has 8 nitrogen and oxygen atoms in total. The van der Waals surface area contributed by atoms with Crippen molar-refractivity contribution >= 4 is 77.7 Å². The summed E-state index contributed by atoms with van der Waals surface area (Å²) in [5, 5.41) is 48.9. The van der Waals surface area contributed by atoms with Gasteiger partial charge in [0.1, 0.15) is 0 Å². The Balaban J connectivity index is 1.40. The van der Waals surface area contributed by atoms with E-state index in [0.29, 0.717) is 0 Å². The Kier molecular flexibility index (Phi) is 6.93. The number of hydrogen-bond acceptors (Lipinski definition) is 4. The molecule has 0 unspecified atom stereocenters. The molecule has 0 atom stereocenters. The minimum Gasteiger partial charge on any atom is -0.478 e. The highest BCUT2D eigenvalue weighted by Crippen LogP contribution is 2.57. The molecule has 0 fully saturated rings. The summed E-state index contributed by atoms with van der Waals surface area (Å²) >= 11 is 0. The number of carboxylic acids is 4. The minimum absolute atomic E-state index is 0.152. The second-order valence-corrected chi connectivity index (χ2v) is 14.0. The highest BCUT2D eigenvalue weighted by molar-refractivity contribution is 6.49. The third-order valence-electron chi connectivity index (χ3n) is 11.2. The molecule has 10 rings (SSSR count). The molecule has 10 aromatic rings. The van der Waals surface area contributed by atoms with Crippen LogP contribution in [0.4, 0.5) is 0 Å². The second-order valence-electron chi connectivity index (χ2n) is 14.0. The van der Waals surface area contributed by atoms with E-state index < -0.39 is 23.9 Å². The molecule has 0 radical (unpaired) electrons. The quantitative estimate of drug-likeness (QED) is 0.113. The first-order valence-electron chi connectivity index (χ1n) is 17.7. The molecule has 0 bridgehead atoms. The van der Waals surface area contributed by atoms with Gasteiger partial charge >= 0.3 is 23.9 Å². The summed E-state index contributed by atoms with van der Waals surface area (Å²) in [6, 6.07) is 39.7. The Morgan fingerprint density at radius 2 is 0.482 bits per heavy atom. The Bertz CT molecular complexity index is 3040. The zero-order valence-corrected chi connectivity index (χ0v) is 29.1. The lowest BCUT2D eigenvalue weighted by atomic mass is 9.82. The fourth-order valence-corrected chi connectivity index (χ4v) is 8.75. The molecular formula is C48H26O8. The number of carboxylic acid groups (broad SMARTS) is 4. The summed E-state index contributed by atoms with van der Waals surface area (Å²) in [4.78, 5) is 47.6. The van der Waals surface area contributed by atoms with Gasteiger partial charge in [0.05, 0.1) is 22.3 Å². The van der Waals surface area contributed by atoms with Gasteiger partial charge in [-0.3, -0.25) is 0 Å². The fourth-order valence-electron chi connectivity index (χ4n) is 8.75. The minimum atomic E-state index is -1.04. The molecule has 0 aliphatic heterocycles. The van der Waals surface area contributed by atoms with E-state index in [0.717, 1.165) is 98.4 Å². The van der Waals surface area contributed by atoms with E-state index >= 15 is 0 Å². The van der Waals surface area contributed by atoms with Crippen LogP contribution in [0.3, 0.4) is 0 Å². The molecule has 0 spiro atoms. The molecule has 10 aromatic carbocycles. The largest absolute Gasteiger partial charge is 0.478 e. The standard InChI is InChI=1S/C48H26O8/c49-45(50)28-9-1-23(2-10-28)36-32-19-17-27-18-20-33-37(24-3-11-29(12-4-24)46(51)52)39(26-7-15-31(16-8-26)48(55)56)35-22-21-34(43-41(32)40(27)42(33)44(35)43)38(36)25-5-13-30(14-6-25)47(53)54/h1-22H,(H,49,50)(H,51,52)(H,53,54)(H,55,56). The lowest BCUT2D eigenvalue weighted by Crippen LogP contribution is -1.98. The monoisotopic (exact) mass is 730 g/mol. The van der Waals surface area contributed by atoms with Crippen LogP contribution in [0.5, 0.6) is 0 Å². The highest BCUT2D eigenvalue weighted by Gasteiger charge is 2.29. The third-order valence-corrected chi connectivity index (χ3v) is 11.2. The lowest BCUT2D eigenvalue weighted by Gasteiger charge is -2.20. The van der Waals surface area contributed by atoms with Crippen molar-refractivity contribution in [3.8, 4) is 44.5 Å². The first kappa shape index (κ1) is 32.8. The van der Waals surface area contributed by atoms with Gasteiger partial charge in [-0.2, -0.15) is 0 Å². The van der Waals surface area contributed by atoms with E-state index in [9.17, 15) is 39.6 Å². The molecule has 0 aliphatic rings. The Hall–Kier alpha value is -7.84. The smallest absolute Gasteiger partial charge is 0.335 e. The Morgan fingerprint density at radius 3 is 0.714 bits per heavy atom. The van der Waals surface area contributed by atoms with Crippen LogP contribution in [0.25, 0.3) is 98.4 Å². The van der Waals surface area contributed by atoms with Gasteiger partial charge in [0.15, 0.2) is 0 Å². The molecule has 4 N–H and O–H groups in total. The van der Waals surface area contributed by atoms with E-state index in [4.69, 9.17) is 0 Å². The Morgan fingerprint density at radius 1 is 0.268 bits per heavy atom. The first-order valence-corrected chi connectivity index (χ1v) is 17.7. The van der Waals surface area contributed by atoms with Gasteiger partial charge in [0.25, 0.3) is 0 Å². The highest BCUT2D eigenvalue weighted by atomic mass is 16.4. The van der Waals surface area contributed by atoms with Crippen molar-refractivity contribution in [2.24, 2.45) is 0 Å².